The van der Waals surface area contributed by atoms with E-state index in [1.54, 1.807) is 18.4 Å². The van der Waals surface area contributed by atoms with Gasteiger partial charge in [0.15, 0.2) is 0 Å². The quantitative estimate of drug-likeness (QED) is 0.531. The molecule has 1 saturated carbocycles. The standard InChI is InChI=1S/C24H25FN2O/c1-15(18-12-23(26-13-18)16(2)27-19-8-4-5-9-19)24-17(3)28-14-21(24)20-10-6-7-11-22(20)25/h6-7,10-14,19,26-27H,1-2,4-5,8-9H2,3H3. The predicted octanol–water partition coefficient (Wildman–Crippen LogP) is 6.29. The molecule has 0 aliphatic heterocycles. The average Bonchev–Trinajstić information content (AvgIpc) is 3.42. The van der Waals surface area contributed by atoms with Crippen LogP contribution in [0.1, 0.15) is 48.3 Å². The van der Waals surface area contributed by atoms with Crippen LogP contribution in [-0.4, -0.2) is 11.0 Å². The molecule has 144 valence electrons. The minimum atomic E-state index is -0.277. The van der Waals surface area contributed by atoms with E-state index in [1.165, 1.54) is 31.7 Å². The van der Waals surface area contributed by atoms with Crippen molar-refractivity contribution in [3.63, 3.8) is 0 Å². The lowest BCUT2D eigenvalue weighted by Gasteiger charge is -2.14. The van der Waals surface area contributed by atoms with Crippen LogP contribution in [-0.2, 0) is 0 Å². The van der Waals surface area contributed by atoms with Crippen molar-refractivity contribution in [3.05, 3.63) is 84.3 Å². The average molecular weight is 376 g/mol. The molecule has 0 saturated heterocycles. The molecular weight excluding hydrogens is 351 g/mol. The summed E-state index contributed by atoms with van der Waals surface area (Å²) in [5, 5.41) is 3.51. The van der Waals surface area contributed by atoms with E-state index in [1.807, 2.05) is 25.3 Å². The highest BCUT2D eigenvalue weighted by Gasteiger charge is 2.20. The number of benzene rings is 1. The second kappa shape index (κ2) is 7.55. The first-order chi connectivity index (χ1) is 13.5. The van der Waals surface area contributed by atoms with Crippen LogP contribution < -0.4 is 5.32 Å². The van der Waals surface area contributed by atoms with Crippen LogP contribution in [0.4, 0.5) is 4.39 Å². The number of aromatic nitrogens is 1. The van der Waals surface area contributed by atoms with E-state index in [4.69, 9.17) is 4.42 Å². The first kappa shape index (κ1) is 18.4. The molecule has 0 radical (unpaired) electrons. The number of hydrogen-bond donors (Lipinski definition) is 2. The Morgan fingerprint density at radius 1 is 1.18 bits per heavy atom. The third-order valence-electron chi connectivity index (χ3n) is 5.53. The maximum absolute atomic E-state index is 14.3. The zero-order valence-corrected chi connectivity index (χ0v) is 16.1. The van der Waals surface area contributed by atoms with Gasteiger partial charge in [-0.1, -0.05) is 44.2 Å². The molecule has 0 amide bonds. The summed E-state index contributed by atoms with van der Waals surface area (Å²) in [6.45, 7) is 10.3. The Hall–Kier alpha value is -3.01. The predicted molar refractivity (Wildman–Crippen MR) is 112 cm³/mol. The summed E-state index contributed by atoms with van der Waals surface area (Å²) >= 11 is 0. The summed E-state index contributed by atoms with van der Waals surface area (Å²) in [7, 11) is 0. The van der Waals surface area contributed by atoms with Crippen LogP contribution in [0.5, 0.6) is 0 Å². The summed E-state index contributed by atoms with van der Waals surface area (Å²) in [5.41, 5.74) is 5.61. The molecule has 4 heteroatoms. The maximum atomic E-state index is 14.3. The van der Waals surface area contributed by atoms with Crippen LogP contribution in [0.25, 0.3) is 22.4 Å². The van der Waals surface area contributed by atoms with Crippen LogP contribution in [0.15, 0.2) is 60.4 Å². The van der Waals surface area contributed by atoms with Gasteiger partial charge in [0.2, 0.25) is 0 Å². The Labute approximate surface area is 165 Å². The van der Waals surface area contributed by atoms with Crippen LogP contribution in [0, 0.1) is 12.7 Å². The molecule has 0 spiro atoms. The summed E-state index contributed by atoms with van der Waals surface area (Å²) in [6.07, 6.45) is 8.45. The van der Waals surface area contributed by atoms with Gasteiger partial charge in [0.05, 0.1) is 17.7 Å². The Morgan fingerprint density at radius 2 is 1.93 bits per heavy atom. The van der Waals surface area contributed by atoms with Gasteiger partial charge in [0.25, 0.3) is 0 Å². The smallest absolute Gasteiger partial charge is 0.131 e. The van der Waals surface area contributed by atoms with Crippen molar-refractivity contribution in [3.8, 4) is 11.1 Å². The first-order valence-corrected chi connectivity index (χ1v) is 9.71. The van der Waals surface area contributed by atoms with Crippen molar-refractivity contribution in [1.29, 1.82) is 0 Å². The van der Waals surface area contributed by atoms with Crippen molar-refractivity contribution < 1.29 is 8.81 Å². The fraction of sp³-hybridized carbons (Fsp3) is 0.250. The second-order valence-electron chi connectivity index (χ2n) is 7.45. The van der Waals surface area contributed by atoms with Crippen molar-refractivity contribution in [1.82, 2.24) is 10.3 Å². The van der Waals surface area contributed by atoms with Gasteiger partial charge in [-0.2, -0.15) is 0 Å². The molecule has 1 fully saturated rings. The van der Waals surface area contributed by atoms with Gasteiger partial charge in [0, 0.05) is 28.9 Å². The molecule has 4 rings (SSSR count). The van der Waals surface area contributed by atoms with E-state index >= 15 is 0 Å². The van der Waals surface area contributed by atoms with Gasteiger partial charge in [-0.25, -0.2) is 4.39 Å². The number of furan rings is 1. The number of H-pyrrole nitrogens is 1. The van der Waals surface area contributed by atoms with Gasteiger partial charge < -0.3 is 14.7 Å². The lowest BCUT2D eigenvalue weighted by molar-refractivity contribution is 0.533. The third-order valence-corrected chi connectivity index (χ3v) is 5.53. The summed E-state index contributed by atoms with van der Waals surface area (Å²) in [6, 6.07) is 9.25. The van der Waals surface area contributed by atoms with Crippen LogP contribution in [0.3, 0.4) is 0 Å². The Bertz CT molecular complexity index is 1020. The number of rotatable bonds is 6. The van der Waals surface area contributed by atoms with Gasteiger partial charge in [0.1, 0.15) is 11.6 Å². The molecule has 3 nitrogen and oxygen atoms in total. The molecule has 0 bridgehead atoms. The van der Waals surface area contributed by atoms with E-state index in [0.29, 0.717) is 22.9 Å². The van der Waals surface area contributed by atoms with Gasteiger partial charge in [-0.05, 0) is 43.0 Å². The van der Waals surface area contributed by atoms with Crippen LogP contribution >= 0.6 is 0 Å². The first-order valence-electron chi connectivity index (χ1n) is 9.71. The highest BCUT2D eigenvalue weighted by molar-refractivity contribution is 5.89. The van der Waals surface area contributed by atoms with E-state index in [-0.39, 0.29) is 5.82 Å². The van der Waals surface area contributed by atoms with Gasteiger partial charge in [-0.3, -0.25) is 0 Å². The minimum Gasteiger partial charge on any atom is -0.468 e. The molecule has 28 heavy (non-hydrogen) atoms. The molecule has 2 aromatic heterocycles. The molecule has 1 aliphatic rings. The normalized spacial score (nSPS) is 14.4. The number of nitrogens with one attached hydrogen (secondary N) is 2. The van der Waals surface area contributed by atoms with Gasteiger partial charge in [-0.15, -0.1) is 0 Å². The number of hydrogen-bond acceptors (Lipinski definition) is 2. The van der Waals surface area contributed by atoms with E-state index in [0.717, 1.165) is 28.1 Å². The molecule has 1 aliphatic carbocycles. The highest BCUT2D eigenvalue weighted by Crippen LogP contribution is 2.37. The molecule has 3 aromatic rings. The lowest BCUT2D eigenvalue weighted by atomic mass is 9.94. The molecular formula is C24H25FN2O. The number of halogens is 1. The summed E-state index contributed by atoms with van der Waals surface area (Å²) in [5.74, 6) is 0.440. The molecule has 2 heterocycles. The topological polar surface area (TPSA) is 41.0 Å². The van der Waals surface area contributed by atoms with Crippen molar-refractivity contribution in [2.24, 2.45) is 0 Å². The SMILES string of the molecule is C=C(NC1CCCC1)c1cc(C(=C)c2c(-c3ccccc3F)coc2C)c[nH]1. The fourth-order valence-electron chi connectivity index (χ4n) is 3.99. The number of aryl methyl sites for hydroxylation is 1. The third kappa shape index (κ3) is 3.42. The zero-order chi connectivity index (χ0) is 19.7. The van der Waals surface area contributed by atoms with Crippen molar-refractivity contribution in [2.45, 2.75) is 38.6 Å². The summed E-state index contributed by atoms with van der Waals surface area (Å²) < 4.78 is 20.0. The Kier molecular flexibility index (Phi) is 4.95. The Morgan fingerprint density at radius 3 is 2.68 bits per heavy atom. The lowest BCUT2D eigenvalue weighted by Crippen LogP contribution is -2.23. The molecule has 0 unspecified atom stereocenters. The molecule has 1 aromatic carbocycles. The monoisotopic (exact) mass is 376 g/mol. The van der Waals surface area contributed by atoms with Crippen molar-refractivity contribution in [2.75, 3.05) is 0 Å². The van der Waals surface area contributed by atoms with E-state index < -0.39 is 0 Å². The largest absolute Gasteiger partial charge is 0.468 e. The number of aromatic amines is 1. The molecule has 2 N–H and O–H groups in total. The van der Waals surface area contributed by atoms with E-state index in [9.17, 15) is 4.39 Å². The zero-order valence-electron chi connectivity index (χ0n) is 16.1. The highest BCUT2D eigenvalue weighted by atomic mass is 19.1. The van der Waals surface area contributed by atoms with Gasteiger partial charge >= 0.3 is 0 Å². The molecule has 0 atom stereocenters. The summed E-state index contributed by atoms with van der Waals surface area (Å²) in [4.78, 5) is 3.28. The second-order valence-corrected chi connectivity index (χ2v) is 7.45. The van der Waals surface area contributed by atoms with Crippen LogP contribution in [0.2, 0.25) is 0 Å². The maximum Gasteiger partial charge on any atom is 0.131 e. The van der Waals surface area contributed by atoms with E-state index in [2.05, 4.69) is 23.5 Å². The van der Waals surface area contributed by atoms with Crippen molar-refractivity contribution >= 4 is 11.3 Å². The fourth-order valence-corrected chi connectivity index (χ4v) is 3.99. The minimum absolute atomic E-state index is 0.277. The Balaban J connectivity index is 1.61.